The maximum absolute atomic E-state index is 13.7. The Bertz CT molecular complexity index is 451. The quantitative estimate of drug-likeness (QED) is 0.897. The van der Waals surface area contributed by atoms with Gasteiger partial charge in [0.1, 0.15) is 5.82 Å². The fourth-order valence-electron chi connectivity index (χ4n) is 1.69. The van der Waals surface area contributed by atoms with Crippen LogP contribution in [0.1, 0.15) is 39.3 Å². The van der Waals surface area contributed by atoms with Gasteiger partial charge in [0, 0.05) is 10.6 Å². The number of hydrogen-bond donors (Lipinski definition) is 2. The summed E-state index contributed by atoms with van der Waals surface area (Å²) in [4.78, 5) is 12.0. The molecule has 5 heteroatoms. The lowest BCUT2D eigenvalue weighted by Crippen LogP contribution is -2.49. The van der Waals surface area contributed by atoms with Crippen molar-refractivity contribution in [1.82, 2.24) is 5.32 Å². The molecule has 0 aliphatic carbocycles. The molecule has 1 amide bonds. The summed E-state index contributed by atoms with van der Waals surface area (Å²) in [6.07, 6.45) is 0. The summed E-state index contributed by atoms with van der Waals surface area (Å²) in [6, 6.07) is 3.23. The highest BCUT2D eigenvalue weighted by molar-refractivity contribution is 6.31. The van der Waals surface area contributed by atoms with E-state index in [1.165, 1.54) is 12.1 Å². The zero-order valence-corrected chi connectivity index (χ0v) is 12.4. The minimum Gasteiger partial charge on any atom is -0.348 e. The zero-order valence-electron chi connectivity index (χ0n) is 11.6. The van der Waals surface area contributed by atoms with Crippen molar-refractivity contribution >= 4 is 17.5 Å². The van der Waals surface area contributed by atoms with Crippen molar-refractivity contribution in [3.05, 3.63) is 34.6 Å². The molecule has 0 saturated carbocycles. The van der Waals surface area contributed by atoms with Gasteiger partial charge in [-0.25, -0.2) is 4.39 Å². The Hall–Kier alpha value is -1.13. The van der Waals surface area contributed by atoms with E-state index in [2.05, 4.69) is 5.32 Å². The van der Waals surface area contributed by atoms with Gasteiger partial charge >= 0.3 is 0 Å². The second kappa shape index (κ2) is 5.88. The van der Waals surface area contributed by atoms with Crippen LogP contribution in [0.5, 0.6) is 0 Å². The topological polar surface area (TPSA) is 55.1 Å². The molecule has 0 spiro atoms. The Morgan fingerprint density at radius 3 is 2.47 bits per heavy atom. The van der Waals surface area contributed by atoms with E-state index in [4.69, 9.17) is 17.3 Å². The number of carbonyl (C=O) groups excluding carboxylic acids is 1. The van der Waals surface area contributed by atoms with Crippen LogP contribution in [0, 0.1) is 11.2 Å². The third-order valence-electron chi connectivity index (χ3n) is 3.01. The number of halogens is 2. The summed E-state index contributed by atoms with van der Waals surface area (Å²) >= 11 is 5.95. The molecule has 0 saturated heterocycles. The van der Waals surface area contributed by atoms with Gasteiger partial charge in [0.25, 0.3) is 0 Å². The van der Waals surface area contributed by atoms with Crippen LogP contribution in [0.15, 0.2) is 18.2 Å². The molecule has 1 rings (SSSR count). The summed E-state index contributed by atoms with van der Waals surface area (Å²) in [6.45, 7) is 7.30. The Morgan fingerprint density at radius 1 is 1.42 bits per heavy atom. The van der Waals surface area contributed by atoms with Gasteiger partial charge in [-0.05, 0) is 24.5 Å². The third-order valence-corrected chi connectivity index (χ3v) is 3.34. The van der Waals surface area contributed by atoms with E-state index in [-0.39, 0.29) is 21.9 Å². The van der Waals surface area contributed by atoms with Gasteiger partial charge in [0.2, 0.25) is 5.91 Å². The van der Waals surface area contributed by atoms with Crippen LogP contribution >= 0.6 is 11.6 Å². The predicted molar refractivity (Wildman–Crippen MR) is 75.4 cm³/mol. The number of rotatable bonds is 3. The summed E-state index contributed by atoms with van der Waals surface area (Å²) in [5.74, 6) is -0.760. The van der Waals surface area contributed by atoms with Crippen molar-refractivity contribution in [2.24, 2.45) is 11.1 Å². The zero-order chi connectivity index (χ0) is 14.8. The Kier molecular flexibility index (Phi) is 4.93. The van der Waals surface area contributed by atoms with Gasteiger partial charge in [0.15, 0.2) is 0 Å². The summed E-state index contributed by atoms with van der Waals surface area (Å²) < 4.78 is 13.7. The molecule has 2 atom stereocenters. The van der Waals surface area contributed by atoms with Crippen LogP contribution in [0.2, 0.25) is 5.02 Å². The summed E-state index contributed by atoms with van der Waals surface area (Å²) in [5, 5.41) is 2.98. The molecule has 0 aliphatic heterocycles. The molecule has 1 aromatic rings. The maximum Gasteiger partial charge on any atom is 0.237 e. The van der Waals surface area contributed by atoms with Crippen molar-refractivity contribution in [2.45, 2.75) is 39.8 Å². The molecule has 1 unspecified atom stereocenters. The van der Waals surface area contributed by atoms with Gasteiger partial charge in [-0.15, -0.1) is 0 Å². The second-order valence-corrected chi connectivity index (χ2v) is 6.12. The van der Waals surface area contributed by atoms with Crippen LogP contribution < -0.4 is 11.1 Å². The molecule has 0 aromatic heterocycles. The lowest BCUT2D eigenvalue weighted by Gasteiger charge is -2.27. The van der Waals surface area contributed by atoms with Crippen molar-refractivity contribution in [2.75, 3.05) is 0 Å². The highest BCUT2D eigenvalue weighted by Crippen LogP contribution is 2.26. The first-order valence-electron chi connectivity index (χ1n) is 6.14. The average molecular weight is 287 g/mol. The molecule has 3 nitrogen and oxygen atoms in total. The summed E-state index contributed by atoms with van der Waals surface area (Å²) in [5.41, 5.74) is 5.78. The average Bonchev–Trinajstić information content (AvgIpc) is 2.26. The third kappa shape index (κ3) is 3.91. The van der Waals surface area contributed by atoms with E-state index in [9.17, 15) is 9.18 Å². The highest BCUT2D eigenvalue weighted by atomic mass is 35.5. The van der Waals surface area contributed by atoms with Crippen LogP contribution in [0.3, 0.4) is 0 Å². The van der Waals surface area contributed by atoms with Crippen molar-refractivity contribution < 1.29 is 9.18 Å². The van der Waals surface area contributed by atoms with Crippen molar-refractivity contribution in [3.8, 4) is 0 Å². The lowest BCUT2D eigenvalue weighted by atomic mass is 9.86. The van der Waals surface area contributed by atoms with Crippen molar-refractivity contribution in [3.63, 3.8) is 0 Å². The number of amides is 1. The monoisotopic (exact) mass is 286 g/mol. The van der Waals surface area contributed by atoms with E-state index < -0.39 is 17.9 Å². The molecule has 106 valence electrons. The van der Waals surface area contributed by atoms with Crippen LogP contribution in [-0.4, -0.2) is 11.9 Å². The molecule has 19 heavy (non-hydrogen) atoms. The fraction of sp³-hybridized carbons (Fsp3) is 0.500. The van der Waals surface area contributed by atoms with Gasteiger partial charge in [-0.1, -0.05) is 38.4 Å². The molecular weight excluding hydrogens is 267 g/mol. The number of hydrogen-bond acceptors (Lipinski definition) is 2. The minimum atomic E-state index is -0.666. The van der Waals surface area contributed by atoms with Crippen LogP contribution in [-0.2, 0) is 4.79 Å². The smallest absolute Gasteiger partial charge is 0.237 e. The Balaban J connectivity index is 2.86. The van der Waals surface area contributed by atoms with Gasteiger partial charge < -0.3 is 11.1 Å². The molecule has 0 radical (unpaired) electrons. The number of carbonyl (C=O) groups is 1. The molecule has 0 fully saturated rings. The number of nitrogens with one attached hydrogen (secondary N) is 1. The first-order valence-corrected chi connectivity index (χ1v) is 6.52. The number of benzene rings is 1. The first kappa shape index (κ1) is 15.9. The van der Waals surface area contributed by atoms with Crippen LogP contribution in [0.4, 0.5) is 4.39 Å². The molecular formula is C14H20ClFN2O. The normalized spacial score (nSPS) is 14.9. The Morgan fingerprint density at radius 2 is 2.00 bits per heavy atom. The molecule has 0 aliphatic rings. The Labute approximate surface area is 118 Å². The molecule has 0 bridgehead atoms. The lowest BCUT2D eigenvalue weighted by molar-refractivity contribution is -0.125. The standard InChI is InChI=1S/C14H20ClFN2O/c1-8(11-9(15)6-5-7-10(11)16)18-13(19)12(17)14(2,3)4/h5-8,12H,17H2,1-4H3,(H,18,19)/t8?,12-/m1/s1. The molecule has 1 aromatic carbocycles. The number of nitrogens with two attached hydrogens (primary N) is 1. The second-order valence-electron chi connectivity index (χ2n) is 5.71. The maximum atomic E-state index is 13.7. The van der Waals surface area contributed by atoms with Gasteiger partial charge in [0.05, 0.1) is 12.1 Å². The van der Waals surface area contributed by atoms with E-state index in [0.29, 0.717) is 0 Å². The predicted octanol–water partition coefficient (Wildman–Crippen LogP) is 3.03. The fourth-order valence-corrected chi connectivity index (χ4v) is 2.02. The van der Waals surface area contributed by atoms with Crippen molar-refractivity contribution in [1.29, 1.82) is 0 Å². The summed E-state index contributed by atoms with van der Waals surface area (Å²) in [7, 11) is 0. The first-order chi connectivity index (χ1) is 8.64. The van der Waals surface area contributed by atoms with Crippen LogP contribution in [0.25, 0.3) is 0 Å². The van der Waals surface area contributed by atoms with E-state index in [1.807, 2.05) is 20.8 Å². The highest BCUT2D eigenvalue weighted by Gasteiger charge is 2.29. The van der Waals surface area contributed by atoms with Gasteiger partial charge in [-0.2, -0.15) is 0 Å². The van der Waals surface area contributed by atoms with E-state index >= 15 is 0 Å². The largest absolute Gasteiger partial charge is 0.348 e. The molecule has 0 heterocycles. The SMILES string of the molecule is CC(NC(=O)[C@@H](N)C(C)(C)C)c1c(F)cccc1Cl. The minimum absolute atomic E-state index is 0.277. The molecule has 3 N–H and O–H groups in total. The van der Waals surface area contributed by atoms with E-state index in [1.54, 1.807) is 13.0 Å². The van der Waals surface area contributed by atoms with Gasteiger partial charge in [-0.3, -0.25) is 4.79 Å². The van der Waals surface area contributed by atoms with E-state index in [0.717, 1.165) is 0 Å².